The second kappa shape index (κ2) is 10.4. The second-order valence-corrected chi connectivity index (χ2v) is 6.35. The zero-order valence-corrected chi connectivity index (χ0v) is 17.0. The average Bonchev–Trinajstić information content (AvgIpc) is 2.69. The largest absolute Gasteiger partial charge is 0.495 e. The number of aryl methyl sites for hydroxylation is 1. The summed E-state index contributed by atoms with van der Waals surface area (Å²) in [6.45, 7) is 1.05. The highest BCUT2D eigenvalue weighted by molar-refractivity contribution is 6.31. The van der Waals surface area contributed by atoms with Gasteiger partial charge in [0.05, 0.1) is 24.0 Å². The normalized spacial score (nSPS) is 10.2. The van der Waals surface area contributed by atoms with Crippen LogP contribution in [0.15, 0.2) is 36.4 Å². The van der Waals surface area contributed by atoms with Crippen LogP contribution in [0.1, 0.15) is 15.9 Å². The van der Waals surface area contributed by atoms with Crippen molar-refractivity contribution in [3.8, 4) is 5.75 Å². The van der Waals surface area contributed by atoms with Gasteiger partial charge < -0.3 is 24.8 Å². The third-order valence-electron chi connectivity index (χ3n) is 3.80. The van der Waals surface area contributed by atoms with Gasteiger partial charge in [-0.25, -0.2) is 4.79 Å². The van der Waals surface area contributed by atoms with Gasteiger partial charge in [0, 0.05) is 18.2 Å². The molecular formula is C20H21ClN2O6. The third kappa shape index (κ3) is 6.20. The minimum Gasteiger partial charge on any atom is -0.495 e. The Kier molecular flexibility index (Phi) is 7.99. The molecule has 0 radical (unpaired) electrons. The maximum absolute atomic E-state index is 12.8. The van der Waals surface area contributed by atoms with Gasteiger partial charge in [0.25, 0.3) is 11.8 Å². The number of rotatable bonds is 8. The number of methoxy groups -OCH3 is 2. The van der Waals surface area contributed by atoms with Crippen molar-refractivity contribution in [2.24, 2.45) is 0 Å². The first-order chi connectivity index (χ1) is 13.8. The molecule has 0 unspecified atom stereocenters. The Labute approximate surface area is 173 Å². The number of para-hydroxylation sites is 1. The summed E-state index contributed by atoms with van der Waals surface area (Å²) in [6, 6.07) is 9.74. The molecule has 0 aliphatic carbocycles. The molecule has 154 valence electrons. The van der Waals surface area contributed by atoms with E-state index in [1.165, 1.54) is 14.2 Å². The summed E-state index contributed by atoms with van der Waals surface area (Å²) in [4.78, 5) is 36.1. The van der Waals surface area contributed by atoms with E-state index in [9.17, 15) is 14.4 Å². The number of esters is 1. The van der Waals surface area contributed by atoms with Crippen molar-refractivity contribution in [2.45, 2.75) is 6.92 Å². The highest BCUT2D eigenvalue weighted by atomic mass is 35.5. The summed E-state index contributed by atoms with van der Waals surface area (Å²) in [5.74, 6) is -1.31. The highest BCUT2D eigenvalue weighted by Crippen LogP contribution is 2.31. The fourth-order valence-corrected chi connectivity index (χ4v) is 2.56. The standard InChI is InChI=1S/C20H21ClN2O6/c1-12-8-16(17(28-3)9-14(12)21)23-20(26)13-6-4-5-7-15(13)22-18(24)10-29-19(25)11-27-2/h4-9H,10-11H2,1-3H3,(H,22,24)(H,23,26). The van der Waals surface area contributed by atoms with Crippen molar-refractivity contribution in [2.75, 3.05) is 38.1 Å². The fraction of sp³-hybridized carbons (Fsp3) is 0.250. The van der Waals surface area contributed by atoms with Gasteiger partial charge in [-0.2, -0.15) is 0 Å². The van der Waals surface area contributed by atoms with Gasteiger partial charge in [-0.3, -0.25) is 9.59 Å². The van der Waals surface area contributed by atoms with E-state index in [0.29, 0.717) is 16.5 Å². The summed E-state index contributed by atoms with van der Waals surface area (Å²) < 4.78 is 14.6. The molecule has 2 rings (SSSR count). The molecular weight excluding hydrogens is 400 g/mol. The SMILES string of the molecule is COCC(=O)OCC(=O)Nc1ccccc1C(=O)Nc1cc(C)c(Cl)cc1OC. The van der Waals surface area contributed by atoms with Crippen LogP contribution in [0.5, 0.6) is 5.75 Å². The lowest BCUT2D eigenvalue weighted by atomic mass is 10.1. The molecule has 9 heteroatoms. The number of carbonyl (C=O) groups is 3. The van der Waals surface area contributed by atoms with Crippen LogP contribution in [-0.4, -0.2) is 45.2 Å². The van der Waals surface area contributed by atoms with Crippen molar-refractivity contribution in [3.63, 3.8) is 0 Å². The first-order valence-corrected chi connectivity index (χ1v) is 8.92. The van der Waals surface area contributed by atoms with Crippen molar-refractivity contribution < 1.29 is 28.6 Å². The lowest BCUT2D eigenvalue weighted by Gasteiger charge is -2.14. The lowest BCUT2D eigenvalue weighted by Crippen LogP contribution is -2.24. The Bertz CT molecular complexity index is 916. The van der Waals surface area contributed by atoms with Gasteiger partial charge in [-0.15, -0.1) is 0 Å². The van der Waals surface area contributed by atoms with E-state index in [1.807, 2.05) is 0 Å². The van der Waals surface area contributed by atoms with E-state index in [1.54, 1.807) is 43.3 Å². The molecule has 0 aliphatic rings. The Balaban J connectivity index is 2.14. The van der Waals surface area contributed by atoms with Crippen molar-refractivity contribution >= 4 is 40.8 Å². The minimum atomic E-state index is -0.668. The molecule has 0 heterocycles. The van der Waals surface area contributed by atoms with E-state index in [0.717, 1.165) is 5.56 Å². The molecule has 8 nitrogen and oxygen atoms in total. The number of ether oxygens (including phenoxy) is 3. The molecule has 2 N–H and O–H groups in total. The number of amides is 2. The van der Waals surface area contributed by atoms with Crippen LogP contribution in [0, 0.1) is 6.92 Å². The van der Waals surface area contributed by atoms with E-state index in [4.69, 9.17) is 21.1 Å². The molecule has 0 fully saturated rings. The van der Waals surface area contributed by atoms with Crippen LogP contribution in [0.4, 0.5) is 11.4 Å². The van der Waals surface area contributed by atoms with Crippen LogP contribution < -0.4 is 15.4 Å². The van der Waals surface area contributed by atoms with Crippen molar-refractivity contribution in [1.82, 2.24) is 0 Å². The molecule has 2 aromatic carbocycles. The number of halogens is 1. The van der Waals surface area contributed by atoms with Crippen molar-refractivity contribution in [3.05, 3.63) is 52.5 Å². The van der Waals surface area contributed by atoms with Gasteiger partial charge in [0.2, 0.25) is 0 Å². The number of nitrogens with one attached hydrogen (secondary N) is 2. The molecule has 0 aliphatic heterocycles. The third-order valence-corrected chi connectivity index (χ3v) is 4.21. The Morgan fingerprint density at radius 1 is 1.00 bits per heavy atom. The Hall–Kier alpha value is -3.10. The molecule has 0 atom stereocenters. The minimum absolute atomic E-state index is 0.221. The van der Waals surface area contributed by atoms with E-state index in [2.05, 4.69) is 15.4 Å². The first kappa shape index (κ1) is 22.2. The highest BCUT2D eigenvalue weighted by Gasteiger charge is 2.16. The Morgan fingerprint density at radius 2 is 1.72 bits per heavy atom. The summed E-state index contributed by atoms with van der Waals surface area (Å²) in [5.41, 5.74) is 1.69. The summed E-state index contributed by atoms with van der Waals surface area (Å²) in [5, 5.41) is 5.81. The average molecular weight is 421 g/mol. The smallest absolute Gasteiger partial charge is 0.332 e. The molecule has 0 saturated heterocycles. The van der Waals surface area contributed by atoms with Gasteiger partial charge in [0.15, 0.2) is 6.61 Å². The first-order valence-electron chi connectivity index (χ1n) is 8.54. The van der Waals surface area contributed by atoms with Crippen LogP contribution in [-0.2, 0) is 19.1 Å². The van der Waals surface area contributed by atoms with E-state index in [-0.39, 0.29) is 17.9 Å². The predicted molar refractivity (Wildman–Crippen MR) is 109 cm³/mol. The summed E-state index contributed by atoms with van der Waals surface area (Å²) in [6.07, 6.45) is 0. The van der Waals surface area contributed by atoms with Gasteiger partial charge in [-0.05, 0) is 30.7 Å². The molecule has 0 bridgehead atoms. The summed E-state index contributed by atoms with van der Waals surface area (Å²) in [7, 11) is 2.81. The summed E-state index contributed by atoms with van der Waals surface area (Å²) >= 11 is 6.09. The number of benzene rings is 2. The molecule has 2 aromatic rings. The number of hydrogen-bond donors (Lipinski definition) is 2. The zero-order chi connectivity index (χ0) is 21.4. The number of anilines is 2. The maximum Gasteiger partial charge on any atom is 0.332 e. The van der Waals surface area contributed by atoms with E-state index < -0.39 is 24.4 Å². The van der Waals surface area contributed by atoms with Gasteiger partial charge in [0.1, 0.15) is 12.4 Å². The van der Waals surface area contributed by atoms with Crippen LogP contribution in [0.2, 0.25) is 5.02 Å². The molecule has 29 heavy (non-hydrogen) atoms. The van der Waals surface area contributed by atoms with Crippen LogP contribution in [0.25, 0.3) is 0 Å². The molecule has 0 aromatic heterocycles. The van der Waals surface area contributed by atoms with Crippen LogP contribution >= 0.6 is 11.6 Å². The Morgan fingerprint density at radius 3 is 2.41 bits per heavy atom. The molecule has 0 spiro atoms. The van der Waals surface area contributed by atoms with E-state index >= 15 is 0 Å². The maximum atomic E-state index is 12.8. The topological polar surface area (TPSA) is 103 Å². The van der Waals surface area contributed by atoms with Crippen LogP contribution in [0.3, 0.4) is 0 Å². The van der Waals surface area contributed by atoms with Crippen molar-refractivity contribution in [1.29, 1.82) is 0 Å². The van der Waals surface area contributed by atoms with Gasteiger partial charge >= 0.3 is 5.97 Å². The number of hydrogen-bond acceptors (Lipinski definition) is 6. The quantitative estimate of drug-likeness (QED) is 0.636. The predicted octanol–water partition coefficient (Wildman–Crippen LogP) is 3.04. The zero-order valence-electron chi connectivity index (χ0n) is 16.2. The van der Waals surface area contributed by atoms with Gasteiger partial charge in [-0.1, -0.05) is 23.7 Å². The monoisotopic (exact) mass is 420 g/mol. The lowest BCUT2D eigenvalue weighted by molar-refractivity contribution is -0.150. The fourth-order valence-electron chi connectivity index (χ4n) is 2.40. The second-order valence-electron chi connectivity index (χ2n) is 5.94. The molecule has 0 saturated carbocycles. The molecule has 2 amide bonds. The number of carbonyl (C=O) groups excluding carboxylic acids is 3.